The third kappa shape index (κ3) is 3.37. The smallest absolute Gasteiger partial charge is 0.0962 e. The van der Waals surface area contributed by atoms with E-state index in [1.54, 1.807) is 0 Å². The van der Waals surface area contributed by atoms with Gasteiger partial charge in [-0.3, -0.25) is 0 Å². The first-order valence-electron chi connectivity index (χ1n) is 4.73. The van der Waals surface area contributed by atoms with Crippen molar-refractivity contribution < 1.29 is 0 Å². The van der Waals surface area contributed by atoms with Gasteiger partial charge in [0.25, 0.3) is 0 Å². The zero-order valence-electron chi connectivity index (χ0n) is 8.43. The first-order chi connectivity index (χ1) is 7.19. The molecule has 0 fully saturated rings. The monoisotopic (exact) mass is 283 g/mol. The summed E-state index contributed by atoms with van der Waals surface area (Å²) in [5.74, 6) is 0. The molecule has 0 saturated carbocycles. The van der Waals surface area contributed by atoms with Gasteiger partial charge in [-0.15, -0.1) is 0 Å². The summed E-state index contributed by atoms with van der Waals surface area (Å²) in [6.45, 7) is 2.03. The van der Waals surface area contributed by atoms with Crippen LogP contribution >= 0.6 is 27.5 Å². The zero-order valence-corrected chi connectivity index (χ0v) is 10.8. The normalized spacial score (nSPS) is 11.9. The van der Waals surface area contributed by atoms with Crippen molar-refractivity contribution in [3.8, 4) is 6.07 Å². The van der Waals surface area contributed by atoms with Gasteiger partial charge < -0.3 is 0 Å². The molecule has 0 spiro atoms. The van der Waals surface area contributed by atoms with Gasteiger partial charge in [0.15, 0.2) is 0 Å². The molecule has 0 N–H and O–H groups in total. The van der Waals surface area contributed by atoms with Crippen LogP contribution in [0, 0.1) is 11.3 Å². The molecule has 0 atom stereocenters. The van der Waals surface area contributed by atoms with Crippen molar-refractivity contribution in [3.63, 3.8) is 0 Å². The van der Waals surface area contributed by atoms with E-state index in [9.17, 15) is 0 Å². The van der Waals surface area contributed by atoms with Crippen LogP contribution in [0.3, 0.4) is 0 Å². The fourth-order valence-electron chi connectivity index (χ4n) is 1.24. The Bertz CT molecular complexity index is 401. The lowest BCUT2D eigenvalue weighted by Gasteiger charge is -2.02. The van der Waals surface area contributed by atoms with Gasteiger partial charge in [-0.2, -0.15) is 5.26 Å². The minimum atomic E-state index is 0.562. The summed E-state index contributed by atoms with van der Waals surface area (Å²) in [6.07, 6.45) is 1.65. The third-order valence-electron chi connectivity index (χ3n) is 2.00. The molecule has 0 bridgehead atoms. The van der Waals surface area contributed by atoms with Gasteiger partial charge in [-0.25, -0.2) is 0 Å². The van der Waals surface area contributed by atoms with E-state index in [0.29, 0.717) is 10.6 Å². The molecular weight excluding hydrogens is 273 g/mol. The van der Waals surface area contributed by atoms with E-state index in [4.69, 9.17) is 16.9 Å². The maximum absolute atomic E-state index is 8.94. The van der Waals surface area contributed by atoms with Crippen LogP contribution in [0.4, 0.5) is 0 Å². The van der Waals surface area contributed by atoms with Crippen LogP contribution in [0.2, 0.25) is 0 Å². The van der Waals surface area contributed by atoms with Gasteiger partial charge in [0.1, 0.15) is 0 Å². The van der Waals surface area contributed by atoms with Crippen LogP contribution in [0.25, 0.3) is 5.03 Å². The first kappa shape index (κ1) is 12.3. The summed E-state index contributed by atoms with van der Waals surface area (Å²) in [7, 11) is 0. The fourth-order valence-corrected chi connectivity index (χ4v) is 1.76. The van der Waals surface area contributed by atoms with E-state index in [1.165, 1.54) is 0 Å². The number of benzene rings is 1. The Morgan fingerprint density at radius 1 is 1.40 bits per heavy atom. The largest absolute Gasteiger partial charge is 0.193 e. The molecule has 0 unspecified atom stereocenters. The second-order valence-electron chi connectivity index (χ2n) is 3.16. The van der Waals surface area contributed by atoms with Gasteiger partial charge in [-0.05, 0) is 24.1 Å². The summed E-state index contributed by atoms with van der Waals surface area (Å²) in [5.41, 5.74) is 1.55. The number of halogens is 2. The van der Waals surface area contributed by atoms with Gasteiger partial charge in [0, 0.05) is 10.0 Å². The molecule has 78 valence electrons. The van der Waals surface area contributed by atoms with Crippen molar-refractivity contribution >= 4 is 32.6 Å². The lowest BCUT2D eigenvalue weighted by Crippen LogP contribution is -1.85. The molecule has 0 radical (unpaired) electrons. The molecule has 3 heteroatoms. The lowest BCUT2D eigenvalue weighted by molar-refractivity contribution is 0.933. The zero-order chi connectivity index (χ0) is 11.3. The standard InChI is InChI=1S/C12H11BrClN/c1-2-3-10(8-15)12(14)9-4-6-11(13)7-5-9/h4-7H,2-3H2,1H3. The van der Waals surface area contributed by atoms with E-state index in [1.807, 2.05) is 31.2 Å². The Kier molecular flexibility index (Phi) is 4.87. The van der Waals surface area contributed by atoms with Gasteiger partial charge in [-0.1, -0.05) is 53.0 Å². The molecule has 0 heterocycles. The van der Waals surface area contributed by atoms with Crippen molar-refractivity contribution in [1.82, 2.24) is 0 Å². The van der Waals surface area contributed by atoms with Crippen molar-refractivity contribution in [3.05, 3.63) is 39.9 Å². The number of nitrogens with zero attached hydrogens (tertiary/aromatic N) is 1. The Balaban J connectivity index is 3.06. The van der Waals surface area contributed by atoms with Crippen LogP contribution < -0.4 is 0 Å². The van der Waals surface area contributed by atoms with Crippen LogP contribution in [0.1, 0.15) is 25.3 Å². The number of nitriles is 1. The molecule has 1 rings (SSSR count). The molecule has 1 aromatic carbocycles. The quantitative estimate of drug-likeness (QED) is 0.737. The minimum Gasteiger partial charge on any atom is -0.193 e. The predicted molar refractivity (Wildman–Crippen MR) is 67.4 cm³/mol. The van der Waals surface area contributed by atoms with E-state index in [2.05, 4.69) is 22.0 Å². The second kappa shape index (κ2) is 5.95. The number of rotatable bonds is 3. The van der Waals surface area contributed by atoms with E-state index < -0.39 is 0 Å². The number of hydrogen-bond donors (Lipinski definition) is 0. The summed E-state index contributed by atoms with van der Waals surface area (Å²) in [5, 5.41) is 9.50. The SMILES string of the molecule is CCCC(C#N)=C(Cl)c1ccc(Br)cc1. The van der Waals surface area contributed by atoms with E-state index in [-0.39, 0.29) is 0 Å². The highest BCUT2D eigenvalue weighted by Gasteiger charge is 2.05. The summed E-state index contributed by atoms with van der Waals surface area (Å²) in [6, 6.07) is 9.79. The Hall–Kier alpha value is -0.780. The van der Waals surface area contributed by atoms with Crippen molar-refractivity contribution in [2.45, 2.75) is 19.8 Å². The molecule has 0 aliphatic heterocycles. The highest BCUT2D eigenvalue weighted by molar-refractivity contribution is 9.10. The van der Waals surface area contributed by atoms with Crippen LogP contribution in [0.5, 0.6) is 0 Å². The van der Waals surface area contributed by atoms with Crippen LogP contribution in [-0.4, -0.2) is 0 Å². The summed E-state index contributed by atoms with van der Waals surface area (Å²) < 4.78 is 1.00. The Labute approximate surface area is 103 Å². The second-order valence-corrected chi connectivity index (χ2v) is 4.45. The molecule has 15 heavy (non-hydrogen) atoms. The van der Waals surface area contributed by atoms with Crippen molar-refractivity contribution in [1.29, 1.82) is 5.26 Å². The topological polar surface area (TPSA) is 23.8 Å². The highest BCUT2D eigenvalue weighted by atomic mass is 79.9. The van der Waals surface area contributed by atoms with Crippen LogP contribution in [0.15, 0.2) is 34.3 Å². The first-order valence-corrected chi connectivity index (χ1v) is 5.90. The predicted octanol–water partition coefficient (Wildman–Crippen LogP) is 4.72. The molecule has 0 saturated heterocycles. The minimum absolute atomic E-state index is 0.562. The fraction of sp³-hybridized carbons (Fsp3) is 0.250. The summed E-state index contributed by atoms with van der Waals surface area (Å²) >= 11 is 9.50. The van der Waals surface area contributed by atoms with Gasteiger partial charge in [0.2, 0.25) is 0 Å². The van der Waals surface area contributed by atoms with Crippen molar-refractivity contribution in [2.24, 2.45) is 0 Å². The maximum Gasteiger partial charge on any atom is 0.0962 e. The van der Waals surface area contributed by atoms with Crippen molar-refractivity contribution in [2.75, 3.05) is 0 Å². The maximum atomic E-state index is 8.94. The third-order valence-corrected chi connectivity index (χ3v) is 2.97. The molecule has 0 aliphatic rings. The lowest BCUT2D eigenvalue weighted by atomic mass is 10.1. The molecule has 0 amide bonds. The van der Waals surface area contributed by atoms with E-state index >= 15 is 0 Å². The Morgan fingerprint density at radius 3 is 2.47 bits per heavy atom. The Morgan fingerprint density at radius 2 is 2.00 bits per heavy atom. The molecule has 1 aromatic rings. The summed E-state index contributed by atoms with van der Waals surface area (Å²) in [4.78, 5) is 0. The van der Waals surface area contributed by atoms with Gasteiger partial charge >= 0.3 is 0 Å². The molecule has 0 aromatic heterocycles. The molecular formula is C12H11BrClN. The average Bonchev–Trinajstić information content (AvgIpc) is 2.26. The number of hydrogen-bond acceptors (Lipinski definition) is 1. The number of allylic oxidation sites excluding steroid dienone is 1. The highest BCUT2D eigenvalue weighted by Crippen LogP contribution is 2.26. The van der Waals surface area contributed by atoms with Gasteiger partial charge in [0.05, 0.1) is 11.1 Å². The average molecular weight is 285 g/mol. The molecule has 1 nitrogen and oxygen atoms in total. The van der Waals surface area contributed by atoms with Crippen LogP contribution in [-0.2, 0) is 0 Å². The van der Waals surface area contributed by atoms with E-state index in [0.717, 1.165) is 22.9 Å². The molecule has 0 aliphatic carbocycles.